The minimum atomic E-state index is -0.352. The third-order valence-corrected chi connectivity index (χ3v) is 4.63. The number of aromatic nitrogens is 1. The van der Waals surface area contributed by atoms with Crippen molar-refractivity contribution in [1.82, 2.24) is 4.57 Å². The molecule has 5 heteroatoms. The van der Waals surface area contributed by atoms with Gasteiger partial charge in [-0.2, -0.15) is 0 Å². The average molecular weight is 391 g/mol. The van der Waals surface area contributed by atoms with Crippen LogP contribution in [0.25, 0.3) is 34.0 Å². The minimum absolute atomic E-state index is 0.352. The molecule has 0 aliphatic heterocycles. The van der Waals surface area contributed by atoms with Crippen molar-refractivity contribution in [2.45, 2.75) is 27.3 Å². The number of esters is 2. The van der Waals surface area contributed by atoms with E-state index in [0.29, 0.717) is 13.2 Å². The molecule has 150 valence electrons. The van der Waals surface area contributed by atoms with E-state index in [2.05, 4.69) is 35.8 Å². The molecule has 0 N–H and O–H groups in total. The monoisotopic (exact) mass is 391 g/mol. The molecule has 0 saturated heterocycles. The van der Waals surface area contributed by atoms with Gasteiger partial charge in [0.2, 0.25) is 0 Å². The fraction of sp³-hybridized carbons (Fsp3) is 0.250. The molecule has 0 amide bonds. The predicted octanol–water partition coefficient (Wildman–Crippen LogP) is 4.97. The van der Waals surface area contributed by atoms with Crippen molar-refractivity contribution >= 4 is 45.9 Å². The van der Waals surface area contributed by atoms with Gasteiger partial charge in [0.15, 0.2) is 0 Å². The smallest absolute Gasteiger partial charge is 0.330 e. The minimum Gasteiger partial charge on any atom is -0.463 e. The summed E-state index contributed by atoms with van der Waals surface area (Å²) in [6.07, 6.45) is 6.41. The summed E-state index contributed by atoms with van der Waals surface area (Å²) in [7, 11) is 0. The molecule has 0 radical (unpaired) electrons. The molecule has 0 unspecified atom stereocenters. The van der Waals surface area contributed by atoms with E-state index in [9.17, 15) is 9.59 Å². The van der Waals surface area contributed by atoms with E-state index in [-0.39, 0.29) is 11.9 Å². The van der Waals surface area contributed by atoms with Crippen LogP contribution in [0.5, 0.6) is 0 Å². The second-order valence-corrected chi connectivity index (χ2v) is 6.47. The molecule has 2 aromatic carbocycles. The average Bonchev–Trinajstić information content (AvgIpc) is 3.03. The summed E-state index contributed by atoms with van der Waals surface area (Å²) in [5.74, 6) is -0.704. The predicted molar refractivity (Wildman–Crippen MR) is 116 cm³/mol. The molecule has 0 aliphatic carbocycles. The summed E-state index contributed by atoms with van der Waals surface area (Å²) in [6.45, 7) is 7.23. The van der Waals surface area contributed by atoms with E-state index in [4.69, 9.17) is 9.47 Å². The quantitative estimate of drug-likeness (QED) is 0.422. The number of benzene rings is 2. The highest BCUT2D eigenvalue weighted by Crippen LogP contribution is 2.31. The SMILES string of the molecule is CCOC(=O)/C=C/c1ccc2c(c1)c1cc(/C=C/C(=O)OCC)ccc1n2CC. The summed E-state index contributed by atoms with van der Waals surface area (Å²) in [5, 5.41) is 2.19. The Bertz CT molecular complexity index is 1020. The molecule has 29 heavy (non-hydrogen) atoms. The Labute approximate surface area is 170 Å². The van der Waals surface area contributed by atoms with Crippen LogP contribution in [-0.4, -0.2) is 29.7 Å². The van der Waals surface area contributed by atoms with Crippen LogP contribution in [0.1, 0.15) is 31.9 Å². The first-order valence-electron chi connectivity index (χ1n) is 9.83. The van der Waals surface area contributed by atoms with Gasteiger partial charge in [-0.05, 0) is 68.3 Å². The van der Waals surface area contributed by atoms with Gasteiger partial charge in [0.25, 0.3) is 0 Å². The Morgan fingerprint density at radius 2 is 1.24 bits per heavy atom. The zero-order valence-electron chi connectivity index (χ0n) is 17.0. The van der Waals surface area contributed by atoms with Gasteiger partial charge in [-0.1, -0.05) is 12.1 Å². The van der Waals surface area contributed by atoms with Gasteiger partial charge >= 0.3 is 11.9 Å². The Morgan fingerprint density at radius 1 is 0.793 bits per heavy atom. The van der Waals surface area contributed by atoms with Gasteiger partial charge in [0.1, 0.15) is 0 Å². The van der Waals surface area contributed by atoms with Crippen LogP contribution in [0.15, 0.2) is 48.6 Å². The van der Waals surface area contributed by atoms with Gasteiger partial charge in [-0.3, -0.25) is 0 Å². The Hall–Kier alpha value is -3.34. The molecule has 0 aliphatic rings. The summed E-state index contributed by atoms with van der Waals surface area (Å²) < 4.78 is 12.1. The van der Waals surface area contributed by atoms with E-state index in [1.54, 1.807) is 26.0 Å². The molecule has 5 nitrogen and oxygen atoms in total. The zero-order chi connectivity index (χ0) is 20.8. The highest BCUT2D eigenvalue weighted by Gasteiger charge is 2.10. The molecule has 0 bridgehead atoms. The number of aryl methyl sites for hydroxylation is 1. The Morgan fingerprint density at radius 3 is 1.62 bits per heavy atom. The first-order valence-corrected chi connectivity index (χ1v) is 9.83. The van der Waals surface area contributed by atoms with Gasteiger partial charge in [-0.15, -0.1) is 0 Å². The summed E-state index contributed by atoms with van der Waals surface area (Å²) in [5.41, 5.74) is 4.10. The number of ether oxygens (including phenoxy) is 2. The van der Waals surface area contributed by atoms with E-state index >= 15 is 0 Å². The van der Waals surface area contributed by atoms with Crippen molar-refractivity contribution in [3.63, 3.8) is 0 Å². The van der Waals surface area contributed by atoms with Gasteiger partial charge in [0, 0.05) is 40.5 Å². The number of rotatable bonds is 7. The third-order valence-electron chi connectivity index (χ3n) is 4.63. The zero-order valence-corrected chi connectivity index (χ0v) is 17.0. The van der Waals surface area contributed by atoms with Crippen molar-refractivity contribution in [2.24, 2.45) is 0 Å². The number of carbonyl (C=O) groups is 2. The van der Waals surface area contributed by atoms with Crippen molar-refractivity contribution in [1.29, 1.82) is 0 Å². The first-order chi connectivity index (χ1) is 14.1. The number of carbonyl (C=O) groups excluding carboxylic acids is 2. The second-order valence-electron chi connectivity index (χ2n) is 6.47. The Kier molecular flexibility index (Phi) is 6.50. The van der Waals surface area contributed by atoms with Crippen LogP contribution < -0.4 is 0 Å². The third kappa shape index (κ3) is 4.57. The van der Waals surface area contributed by atoms with Gasteiger partial charge < -0.3 is 14.0 Å². The molecule has 0 fully saturated rings. The fourth-order valence-electron chi connectivity index (χ4n) is 3.40. The van der Waals surface area contributed by atoms with Crippen LogP contribution in [0.4, 0.5) is 0 Å². The van der Waals surface area contributed by atoms with E-state index in [0.717, 1.165) is 39.5 Å². The second kappa shape index (κ2) is 9.24. The molecule has 0 saturated carbocycles. The van der Waals surface area contributed by atoms with Gasteiger partial charge in [-0.25, -0.2) is 9.59 Å². The van der Waals surface area contributed by atoms with Crippen molar-refractivity contribution < 1.29 is 19.1 Å². The van der Waals surface area contributed by atoms with Crippen LogP contribution >= 0.6 is 0 Å². The maximum absolute atomic E-state index is 11.6. The van der Waals surface area contributed by atoms with Crippen LogP contribution in [0.3, 0.4) is 0 Å². The molecule has 0 atom stereocenters. The van der Waals surface area contributed by atoms with Crippen molar-refractivity contribution in [3.05, 3.63) is 59.7 Å². The summed E-state index contributed by atoms with van der Waals surface area (Å²) in [6, 6.07) is 12.3. The number of hydrogen-bond acceptors (Lipinski definition) is 4. The molecule has 3 aromatic rings. The topological polar surface area (TPSA) is 57.5 Å². The number of fused-ring (bicyclic) bond motifs is 3. The highest BCUT2D eigenvalue weighted by atomic mass is 16.5. The first kappa shape index (κ1) is 20.4. The molecule has 1 aromatic heterocycles. The van der Waals surface area contributed by atoms with Gasteiger partial charge in [0.05, 0.1) is 13.2 Å². The normalized spacial score (nSPS) is 11.7. The largest absolute Gasteiger partial charge is 0.463 e. The highest BCUT2D eigenvalue weighted by molar-refractivity contribution is 6.09. The lowest BCUT2D eigenvalue weighted by Gasteiger charge is -2.03. The number of nitrogens with zero attached hydrogens (tertiary/aromatic N) is 1. The van der Waals surface area contributed by atoms with E-state index in [1.165, 1.54) is 12.2 Å². The molecule has 0 spiro atoms. The van der Waals surface area contributed by atoms with Crippen molar-refractivity contribution in [3.8, 4) is 0 Å². The molecule has 1 heterocycles. The summed E-state index contributed by atoms with van der Waals surface area (Å²) >= 11 is 0. The number of hydrogen-bond donors (Lipinski definition) is 0. The molecular formula is C24H25NO4. The molecule has 3 rings (SSSR count). The molecular weight excluding hydrogens is 366 g/mol. The standard InChI is InChI=1S/C24H25NO4/c1-4-25-21-11-7-17(9-13-23(26)28-5-2)15-19(21)20-16-18(8-12-22(20)25)10-14-24(27)29-6-3/h7-16H,4-6H2,1-3H3/b13-9+,14-10+. The van der Waals surface area contributed by atoms with E-state index in [1.807, 2.05) is 12.1 Å². The van der Waals surface area contributed by atoms with Crippen LogP contribution in [0.2, 0.25) is 0 Å². The Balaban J connectivity index is 2.05. The lowest BCUT2D eigenvalue weighted by molar-refractivity contribution is -0.138. The van der Waals surface area contributed by atoms with Crippen LogP contribution in [-0.2, 0) is 25.6 Å². The van der Waals surface area contributed by atoms with E-state index < -0.39 is 0 Å². The van der Waals surface area contributed by atoms with Crippen molar-refractivity contribution in [2.75, 3.05) is 13.2 Å². The summed E-state index contributed by atoms with van der Waals surface area (Å²) in [4.78, 5) is 23.2. The lowest BCUT2D eigenvalue weighted by atomic mass is 10.1. The van der Waals surface area contributed by atoms with Crippen LogP contribution in [0, 0.1) is 0 Å². The fourth-order valence-corrected chi connectivity index (χ4v) is 3.40. The lowest BCUT2D eigenvalue weighted by Crippen LogP contribution is -1.98. The maximum Gasteiger partial charge on any atom is 0.330 e. The maximum atomic E-state index is 11.6.